The number of halogens is 1. The summed E-state index contributed by atoms with van der Waals surface area (Å²) in [5.41, 5.74) is 0.198. The Bertz CT molecular complexity index is 293. The van der Waals surface area contributed by atoms with E-state index in [9.17, 15) is 4.79 Å². The zero-order valence-corrected chi connectivity index (χ0v) is 8.34. The van der Waals surface area contributed by atoms with Crippen molar-refractivity contribution in [1.29, 1.82) is 0 Å². The molecule has 0 saturated carbocycles. The van der Waals surface area contributed by atoms with Gasteiger partial charge in [-0.2, -0.15) is 0 Å². The van der Waals surface area contributed by atoms with E-state index in [0.717, 1.165) is 5.56 Å². The first-order chi connectivity index (χ1) is 6.09. The molecule has 1 aromatic rings. The number of carbonyl (C=O) groups excluding carboxylic acids is 1. The number of hydrogen-bond acceptors (Lipinski definition) is 2. The van der Waals surface area contributed by atoms with E-state index < -0.39 is 11.4 Å². The fraction of sp³-hybridized carbons (Fsp3) is 0.300. The quantitative estimate of drug-likeness (QED) is 0.731. The highest BCUT2D eigenvalue weighted by molar-refractivity contribution is 6.14. The van der Waals surface area contributed by atoms with E-state index in [-0.39, 0.29) is 0 Å². The van der Waals surface area contributed by atoms with Crippen LogP contribution in [0.2, 0.25) is 0 Å². The monoisotopic (exact) mass is 198 g/mol. The van der Waals surface area contributed by atoms with Crippen molar-refractivity contribution in [1.82, 2.24) is 0 Å². The number of hydrogen-bond donors (Lipinski definition) is 0. The molecule has 0 aliphatic heterocycles. The van der Waals surface area contributed by atoms with Gasteiger partial charge in [0.2, 0.25) is 0 Å². The molecule has 0 atom stereocenters. The van der Waals surface area contributed by atoms with Gasteiger partial charge in [-0.05, 0) is 19.4 Å². The van der Waals surface area contributed by atoms with Gasteiger partial charge in [0.15, 0.2) is 0 Å². The Balaban J connectivity index is 3.00. The fourth-order valence-corrected chi connectivity index (χ4v) is 1.26. The Morgan fingerprint density at radius 2 is 1.85 bits per heavy atom. The Labute approximate surface area is 82.6 Å². The normalized spacial score (nSPS) is 11.0. The highest BCUT2D eigenvalue weighted by Crippen LogP contribution is 2.24. The van der Waals surface area contributed by atoms with E-state index in [4.69, 9.17) is 11.9 Å². The van der Waals surface area contributed by atoms with Crippen LogP contribution in [-0.2, 0) is 14.5 Å². The number of benzene rings is 1. The van der Waals surface area contributed by atoms with E-state index in [1.54, 1.807) is 13.8 Å². The van der Waals surface area contributed by atoms with Crippen molar-refractivity contribution < 1.29 is 9.08 Å². The van der Waals surface area contributed by atoms with Crippen molar-refractivity contribution in [2.45, 2.75) is 19.3 Å². The van der Waals surface area contributed by atoms with E-state index >= 15 is 0 Å². The third kappa shape index (κ3) is 2.01. The molecule has 0 spiro atoms. The molecule has 0 aliphatic rings. The molecule has 0 aliphatic carbocycles. The predicted molar refractivity (Wildman–Crippen MR) is 51.4 cm³/mol. The Morgan fingerprint density at radius 1 is 1.31 bits per heavy atom. The molecule has 13 heavy (non-hydrogen) atoms. The molecule has 2 nitrogen and oxygen atoms in total. The van der Waals surface area contributed by atoms with E-state index in [0.29, 0.717) is 0 Å². The standard InChI is InChI=1S/C10H11ClO2/c1-10(2,9(12)13-11)8-6-4-3-5-7-8/h3-7H,1-2H3. The van der Waals surface area contributed by atoms with Gasteiger partial charge in [0.25, 0.3) is 0 Å². The highest BCUT2D eigenvalue weighted by Gasteiger charge is 2.31. The summed E-state index contributed by atoms with van der Waals surface area (Å²) in [7, 11) is 0. The third-order valence-corrected chi connectivity index (χ3v) is 2.22. The fourth-order valence-electron chi connectivity index (χ4n) is 1.07. The van der Waals surface area contributed by atoms with Crippen LogP contribution in [0.5, 0.6) is 0 Å². The molecule has 0 N–H and O–H groups in total. The number of carbonyl (C=O) groups is 1. The largest absolute Gasteiger partial charge is 0.347 e. The molecule has 1 aromatic carbocycles. The lowest BCUT2D eigenvalue weighted by molar-refractivity contribution is -0.139. The van der Waals surface area contributed by atoms with Gasteiger partial charge in [-0.1, -0.05) is 30.3 Å². The van der Waals surface area contributed by atoms with Crippen LogP contribution < -0.4 is 0 Å². The lowest BCUT2D eigenvalue weighted by Crippen LogP contribution is -2.28. The first kappa shape index (κ1) is 10.1. The van der Waals surface area contributed by atoms with Crippen molar-refractivity contribution in [2.24, 2.45) is 0 Å². The second kappa shape index (κ2) is 3.79. The van der Waals surface area contributed by atoms with Crippen molar-refractivity contribution in [3.05, 3.63) is 35.9 Å². The number of rotatable bonds is 2. The summed E-state index contributed by atoms with van der Waals surface area (Å²) >= 11 is 5.04. The first-order valence-electron chi connectivity index (χ1n) is 3.97. The molecule has 0 bridgehead atoms. The first-order valence-corrected chi connectivity index (χ1v) is 4.28. The van der Waals surface area contributed by atoms with Crippen molar-refractivity contribution in [3.63, 3.8) is 0 Å². The van der Waals surface area contributed by atoms with Gasteiger partial charge in [0, 0.05) is 0 Å². The predicted octanol–water partition coefficient (Wildman–Crippen LogP) is 2.66. The summed E-state index contributed by atoms with van der Waals surface area (Å²) < 4.78 is 4.20. The smallest absolute Gasteiger partial charge is 0.334 e. The van der Waals surface area contributed by atoms with Gasteiger partial charge >= 0.3 is 5.97 Å². The topological polar surface area (TPSA) is 26.3 Å². The summed E-state index contributed by atoms with van der Waals surface area (Å²) in [6.45, 7) is 3.54. The van der Waals surface area contributed by atoms with Crippen molar-refractivity contribution in [3.8, 4) is 0 Å². The zero-order chi connectivity index (χ0) is 9.90. The molecule has 0 fully saturated rings. The van der Waals surface area contributed by atoms with Crippen molar-refractivity contribution >= 4 is 17.8 Å². The zero-order valence-electron chi connectivity index (χ0n) is 7.58. The van der Waals surface area contributed by atoms with Gasteiger partial charge in [0.1, 0.15) is 11.9 Å². The second-order valence-electron chi connectivity index (χ2n) is 3.36. The molecule has 0 amide bonds. The minimum Gasteiger partial charge on any atom is -0.347 e. The Kier molecular flexibility index (Phi) is 2.94. The van der Waals surface area contributed by atoms with Gasteiger partial charge in [-0.25, -0.2) is 4.79 Å². The van der Waals surface area contributed by atoms with Gasteiger partial charge in [-0.3, -0.25) is 0 Å². The molecular formula is C10H11ClO2. The van der Waals surface area contributed by atoms with E-state index in [1.807, 2.05) is 30.3 Å². The molecule has 1 rings (SSSR count). The second-order valence-corrected chi connectivity index (χ2v) is 3.51. The summed E-state index contributed by atoms with van der Waals surface area (Å²) in [5.74, 6) is -0.444. The summed E-state index contributed by atoms with van der Waals surface area (Å²) in [6.07, 6.45) is 0. The molecule has 0 unspecified atom stereocenters. The molecule has 0 heterocycles. The molecular weight excluding hydrogens is 188 g/mol. The van der Waals surface area contributed by atoms with Crippen LogP contribution in [0.25, 0.3) is 0 Å². The maximum atomic E-state index is 11.3. The Hall–Kier alpha value is -1.02. The van der Waals surface area contributed by atoms with Gasteiger partial charge < -0.3 is 4.29 Å². The Morgan fingerprint density at radius 3 is 2.31 bits per heavy atom. The molecule has 0 saturated heterocycles. The average molecular weight is 199 g/mol. The van der Waals surface area contributed by atoms with Crippen LogP contribution in [-0.4, -0.2) is 5.97 Å². The SMILES string of the molecule is CC(C)(C(=O)OCl)c1ccccc1. The summed E-state index contributed by atoms with van der Waals surface area (Å²) in [5, 5.41) is 0. The molecule has 70 valence electrons. The highest BCUT2D eigenvalue weighted by atomic mass is 35.5. The maximum absolute atomic E-state index is 11.3. The molecule has 0 radical (unpaired) electrons. The van der Waals surface area contributed by atoms with Gasteiger partial charge in [-0.15, -0.1) is 0 Å². The van der Waals surface area contributed by atoms with Crippen LogP contribution in [0.4, 0.5) is 0 Å². The minimum atomic E-state index is -0.691. The lowest BCUT2D eigenvalue weighted by Gasteiger charge is -2.20. The molecule has 0 aromatic heterocycles. The summed E-state index contributed by atoms with van der Waals surface area (Å²) in [4.78, 5) is 11.3. The molecule has 3 heteroatoms. The minimum absolute atomic E-state index is 0.444. The maximum Gasteiger partial charge on any atom is 0.334 e. The van der Waals surface area contributed by atoms with Crippen molar-refractivity contribution in [2.75, 3.05) is 0 Å². The van der Waals surface area contributed by atoms with E-state index in [1.165, 1.54) is 0 Å². The van der Waals surface area contributed by atoms with Gasteiger partial charge in [0.05, 0.1) is 5.41 Å². The van der Waals surface area contributed by atoms with Crippen LogP contribution in [0.3, 0.4) is 0 Å². The summed E-state index contributed by atoms with van der Waals surface area (Å²) in [6, 6.07) is 9.38. The van der Waals surface area contributed by atoms with E-state index in [2.05, 4.69) is 4.29 Å². The third-order valence-electron chi connectivity index (χ3n) is 2.08. The van der Waals surface area contributed by atoms with Crippen LogP contribution in [0, 0.1) is 0 Å². The van der Waals surface area contributed by atoms with Crippen LogP contribution >= 0.6 is 11.9 Å². The van der Waals surface area contributed by atoms with Crippen LogP contribution in [0.1, 0.15) is 19.4 Å². The lowest BCUT2D eigenvalue weighted by atomic mass is 9.85. The van der Waals surface area contributed by atoms with Crippen LogP contribution in [0.15, 0.2) is 30.3 Å². The average Bonchev–Trinajstić information content (AvgIpc) is 2.18.